The molecule has 0 aliphatic carbocycles. The van der Waals surface area contributed by atoms with Crippen LogP contribution in [0.25, 0.3) is 0 Å². The Morgan fingerprint density at radius 2 is 2.00 bits per heavy atom. The van der Waals surface area contributed by atoms with E-state index in [-0.39, 0.29) is 5.54 Å². The maximum Gasteiger partial charge on any atom is 0.0589 e. The molecule has 0 unspecified atom stereocenters. The number of hydrogen-bond donors (Lipinski definition) is 1. The zero-order chi connectivity index (χ0) is 12.6. The fourth-order valence-electron chi connectivity index (χ4n) is 1.33. The van der Waals surface area contributed by atoms with Gasteiger partial charge in [-0.1, -0.05) is 13.5 Å². The van der Waals surface area contributed by atoms with E-state index in [1.54, 1.807) is 7.11 Å². The van der Waals surface area contributed by atoms with Gasteiger partial charge >= 0.3 is 0 Å². The van der Waals surface area contributed by atoms with Crippen LogP contribution in [0.15, 0.2) is 12.2 Å². The van der Waals surface area contributed by atoms with Crippen molar-refractivity contribution in [2.75, 3.05) is 39.9 Å². The second kappa shape index (κ2) is 7.82. The summed E-state index contributed by atoms with van der Waals surface area (Å²) < 4.78 is 5.08. The minimum absolute atomic E-state index is 0.159. The van der Waals surface area contributed by atoms with Crippen molar-refractivity contribution in [1.29, 1.82) is 0 Å². The first kappa shape index (κ1) is 15.6. The first-order valence-electron chi connectivity index (χ1n) is 6.02. The van der Waals surface area contributed by atoms with E-state index in [9.17, 15) is 0 Å². The molecule has 0 amide bonds. The minimum atomic E-state index is 0.159. The zero-order valence-corrected chi connectivity index (χ0v) is 11.6. The second-order valence-corrected chi connectivity index (χ2v) is 5.22. The van der Waals surface area contributed by atoms with E-state index < -0.39 is 0 Å². The Morgan fingerprint density at radius 3 is 2.44 bits per heavy atom. The van der Waals surface area contributed by atoms with Gasteiger partial charge in [-0.25, -0.2) is 0 Å². The van der Waals surface area contributed by atoms with Gasteiger partial charge in [0.05, 0.1) is 6.61 Å². The lowest BCUT2D eigenvalue weighted by Gasteiger charge is -2.25. The molecule has 0 aromatic carbocycles. The highest BCUT2D eigenvalue weighted by Crippen LogP contribution is 2.01. The largest absolute Gasteiger partial charge is 0.383 e. The van der Waals surface area contributed by atoms with Crippen molar-refractivity contribution in [2.45, 2.75) is 33.2 Å². The Kier molecular flexibility index (Phi) is 7.64. The predicted molar refractivity (Wildman–Crippen MR) is 70.9 cm³/mol. The predicted octanol–water partition coefficient (Wildman–Crippen LogP) is 1.90. The number of rotatable bonds is 8. The normalized spacial score (nSPS) is 12.1. The fraction of sp³-hybridized carbons (Fsp3) is 0.846. The summed E-state index contributed by atoms with van der Waals surface area (Å²) in [5.74, 6) is 0. The van der Waals surface area contributed by atoms with Gasteiger partial charge in [0.25, 0.3) is 0 Å². The fourth-order valence-corrected chi connectivity index (χ4v) is 1.33. The second-order valence-electron chi connectivity index (χ2n) is 5.22. The standard InChI is InChI=1S/C13H28N2O/c1-7-15(8-9-16-6)11-12(2)10-14-13(3,4)5/h14H,2,7-11H2,1,3-6H3. The average molecular weight is 228 g/mol. The van der Waals surface area contributed by atoms with Crippen molar-refractivity contribution in [3.63, 3.8) is 0 Å². The maximum atomic E-state index is 5.08. The monoisotopic (exact) mass is 228 g/mol. The van der Waals surface area contributed by atoms with Crippen LogP contribution in [-0.4, -0.2) is 50.3 Å². The molecule has 3 heteroatoms. The van der Waals surface area contributed by atoms with E-state index in [1.165, 1.54) is 5.57 Å². The lowest BCUT2D eigenvalue weighted by molar-refractivity contribution is 0.155. The third-order valence-corrected chi connectivity index (χ3v) is 2.37. The van der Waals surface area contributed by atoms with Gasteiger partial charge in [0, 0.05) is 32.3 Å². The third kappa shape index (κ3) is 8.89. The Balaban J connectivity index is 3.83. The van der Waals surface area contributed by atoms with Crippen molar-refractivity contribution < 1.29 is 4.74 Å². The highest BCUT2D eigenvalue weighted by atomic mass is 16.5. The summed E-state index contributed by atoms with van der Waals surface area (Å²) in [4.78, 5) is 2.34. The van der Waals surface area contributed by atoms with Crippen LogP contribution in [0.3, 0.4) is 0 Å². The Labute approximate surface area is 101 Å². The van der Waals surface area contributed by atoms with Crippen LogP contribution in [0.1, 0.15) is 27.7 Å². The van der Waals surface area contributed by atoms with Crippen molar-refractivity contribution in [1.82, 2.24) is 10.2 Å². The van der Waals surface area contributed by atoms with E-state index in [0.29, 0.717) is 0 Å². The summed E-state index contributed by atoms with van der Waals surface area (Å²) in [5.41, 5.74) is 1.39. The Bertz CT molecular complexity index is 197. The number of nitrogens with zero attached hydrogens (tertiary/aromatic N) is 1. The van der Waals surface area contributed by atoms with Gasteiger partial charge in [-0.05, 0) is 32.9 Å². The molecule has 96 valence electrons. The molecule has 0 heterocycles. The molecular weight excluding hydrogens is 200 g/mol. The molecule has 0 atom stereocenters. The van der Waals surface area contributed by atoms with E-state index in [0.717, 1.165) is 32.8 Å². The Morgan fingerprint density at radius 1 is 1.38 bits per heavy atom. The van der Waals surface area contributed by atoms with Gasteiger partial charge in [-0.3, -0.25) is 4.90 Å². The first-order valence-corrected chi connectivity index (χ1v) is 6.02. The van der Waals surface area contributed by atoms with Crippen LogP contribution in [0.2, 0.25) is 0 Å². The molecule has 16 heavy (non-hydrogen) atoms. The van der Waals surface area contributed by atoms with Crippen molar-refractivity contribution in [3.05, 3.63) is 12.2 Å². The van der Waals surface area contributed by atoms with Gasteiger partial charge < -0.3 is 10.1 Å². The molecule has 0 aromatic rings. The van der Waals surface area contributed by atoms with E-state index >= 15 is 0 Å². The van der Waals surface area contributed by atoms with E-state index in [1.807, 2.05) is 0 Å². The summed E-state index contributed by atoms with van der Waals surface area (Å²) in [6.45, 7) is 17.4. The SMILES string of the molecule is C=C(CNC(C)(C)C)CN(CC)CCOC. The molecule has 0 rings (SSSR count). The lowest BCUT2D eigenvalue weighted by Crippen LogP contribution is -2.39. The van der Waals surface area contributed by atoms with Crippen LogP contribution < -0.4 is 5.32 Å². The summed E-state index contributed by atoms with van der Waals surface area (Å²) in [7, 11) is 1.74. The number of hydrogen-bond acceptors (Lipinski definition) is 3. The quantitative estimate of drug-likeness (QED) is 0.642. The van der Waals surface area contributed by atoms with Crippen LogP contribution in [0.4, 0.5) is 0 Å². The van der Waals surface area contributed by atoms with Crippen LogP contribution in [0.5, 0.6) is 0 Å². The van der Waals surface area contributed by atoms with Crippen LogP contribution >= 0.6 is 0 Å². The molecule has 0 aliphatic rings. The highest BCUT2D eigenvalue weighted by Gasteiger charge is 2.10. The topological polar surface area (TPSA) is 24.5 Å². The Hall–Kier alpha value is -0.380. The lowest BCUT2D eigenvalue weighted by atomic mass is 10.1. The molecule has 0 spiro atoms. The van der Waals surface area contributed by atoms with E-state index in [2.05, 4.69) is 44.5 Å². The van der Waals surface area contributed by atoms with Crippen molar-refractivity contribution in [3.8, 4) is 0 Å². The van der Waals surface area contributed by atoms with Gasteiger partial charge in [0.1, 0.15) is 0 Å². The summed E-state index contributed by atoms with van der Waals surface area (Å²) in [6, 6.07) is 0. The highest BCUT2D eigenvalue weighted by molar-refractivity contribution is 5.01. The van der Waals surface area contributed by atoms with Crippen LogP contribution in [-0.2, 0) is 4.74 Å². The summed E-state index contributed by atoms with van der Waals surface area (Å²) in [6.07, 6.45) is 0. The van der Waals surface area contributed by atoms with E-state index in [4.69, 9.17) is 4.74 Å². The number of methoxy groups -OCH3 is 1. The maximum absolute atomic E-state index is 5.08. The first-order chi connectivity index (χ1) is 7.39. The van der Waals surface area contributed by atoms with Gasteiger partial charge in [-0.15, -0.1) is 0 Å². The molecule has 0 aromatic heterocycles. The summed E-state index contributed by atoms with van der Waals surface area (Å²) >= 11 is 0. The molecule has 0 bridgehead atoms. The molecule has 0 aliphatic heterocycles. The summed E-state index contributed by atoms with van der Waals surface area (Å²) in [5, 5.41) is 3.45. The minimum Gasteiger partial charge on any atom is -0.383 e. The molecule has 0 saturated carbocycles. The van der Waals surface area contributed by atoms with Gasteiger partial charge in [-0.2, -0.15) is 0 Å². The van der Waals surface area contributed by atoms with Crippen molar-refractivity contribution in [2.24, 2.45) is 0 Å². The third-order valence-electron chi connectivity index (χ3n) is 2.37. The molecular formula is C13H28N2O. The molecule has 1 N–H and O–H groups in total. The number of ether oxygens (including phenoxy) is 1. The van der Waals surface area contributed by atoms with Crippen molar-refractivity contribution >= 4 is 0 Å². The van der Waals surface area contributed by atoms with Gasteiger partial charge in [0.2, 0.25) is 0 Å². The molecule has 0 saturated heterocycles. The molecule has 3 nitrogen and oxygen atoms in total. The molecule has 0 radical (unpaired) electrons. The number of likely N-dealkylation sites (N-methyl/N-ethyl adjacent to an activating group) is 1. The average Bonchev–Trinajstić information content (AvgIpc) is 2.20. The number of nitrogens with one attached hydrogen (secondary N) is 1. The smallest absolute Gasteiger partial charge is 0.0589 e. The zero-order valence-electron chi connectivity index (χ0n) is 11.6. The molecule has 0 fully saturated rings. The van der Waals surface area contributed by atoms with Gasteiger partial charge in [0.15, 0.2) is 0 Å². The van der Waals surface area contributed by atoms with Crippen LogP contribution in [0, 0.1) is 0 Å².